The first-order chi connectivity index (χ1) is 16.7. The first kappa shape index (κ1) is 20.6. The first-order valence-electron chi connectivity index (χ1n) is 11.6. The quantitative estimate of drug-likeness (QED) is 0.386. The SMILES string of the molecule is Cc1cn(-c2cccc3[nH]c(-c4cc(-c5cncc(OCCN6CCCC6)c5)[nH]n4)nc23)cn1. The maximum Gasteiger partial charge on any atom is 0.159 e. The van der Waals surface area contributed by atoms with Crippen LogP contribution in [0.25, 0.3) is 39.5 Å². The number of hydrogen-bond donors (Lipinski definition) is 2. The van der Waals surface area contributed by atoms with Crippen molar-refractivity contribution in [3.05, 3.63) is 60.9 Å². The standard InChI is InChI=1S/C25H26N8O/c1-17-15-33(16-27-17)23-6-4-5-20-24(23)29-25(28-20)22-12-21(30-31-22)18-11-19(14-26-13-18)34-10-9-32-7-2-3-8-32/h4-6,11-16H,2-3,7-10H2,1H3,(H,28,29)(H,30,31). The van der Waals surface area contributed by atoms with E-state index in [1.807, 2.05) is 54.2 Å². The van der Waals surface area contributed by atoms with E-state index >= 15 is 0 Å². The molecule has 0 amide bonds. The number of rotatable bonds is 7. The molecule has 2 N–H and O–H groups in total. The lowest BCUT2D eigenvalue weighted by molar-refractivity contribution is 0.237. The fourth-order valence-corrected chi connectivity index (χ4v) is 4.43. The number of H-pyrrole nitrogens is 2. The summed E-state index contributed by atoms with van der Waals surface area (Å²) in [5.74, 6) is 1.46. The Labute approximate surface area is 196 Å². The Balaban J connectivity index is 1.23. The zero-order valence-electron chi connectivity index (χ0n) is 19.0. The highest BCUT2D eigenvalue weighted by atomic mass is 16.5. The molecule has 4 aromatic heterocycles. The van der Waals surface area contributed by atoms with E-state index in [9.17, 15) is 0 Å². The van der Waals surface area contributed by atoms with Gasteiger partial charge in [-0.3, -0.25) is 15.0 Å². The van der Waals surface area contributed by atoms with E-state index in [4.69, 9.17) is 9.72 Å². The Hall–Kier alpha value is -3.98. The molecule has 1 aliphatic heterocycles. The molecule has 0 spiro atoms. The van der Waals surface area contributed by atoms with Crippen LogP contribution in [0.3, 0.4) is 0 Å². The van der Waals surface area contributed by atoms with Crippen molar-refractivity contribution < 1.29 is 4.74 Å². The van der Waals surface area contributed by atoms with E-state index in [0.717, 1.165) is 51.7 Å². The van der Waals surface area contributed by atoms with Crippen LogP contribution in [-0.2, 0) is 0 Å². The summed E-state index contributed by atoms with van der Waals surface area (Å²) in [6.07, 6.45) is 9.93. The number of nitrogens with one attached hydrogen (secondary N) is 2. The monoisotopic (exact) mass is 454 g/mol. The Morgan fingerprint density at radius 2 is 2.03 bits per heavy atom. The van der Waals surface area contributed by atoms with Gasteiger partial charge in [0, 0.05) is 24.5 Å². The summed E-state index contributed by atoms with van der Waals surface area (Å²) in [6.45, 7) is 5.93. The molecule has 1 saturated heterocycles. The fraction of sp³-hybridized carbons (Fsp3) is 0.280. The molecule has 0 atom stereocenters. The molecule has 9 nitrogen and oxygen atoms in total. The first-order valence-corrected chi connectivity index (χ1v) is 11.6. The van der Waals surface area contributed by atoms with Gasteiger partial charge in [-0.25, -0.2) is 9.97 Å². The number of aromatic amines is 2. The minimum absolute atomic E-state index is 0.664. The molecule has 0 aliphatic carbocycles. The van der Waals surface area contributed by atoms with Crippen LogP contribution in [0, 0.1) is 6.92 Å². The summed E-state index contributed by atoms with van der Waals surface area (Å²) in [5, 5.41) is 7.61. The van der Waals surface area contributed by atoms with Gasteiger partial charge in [0.1, 0.15) is 23.6 Å². The second-order valence-electron chi connectivity index (χ2n) is 8.65. The van der Waals surface area contributed by atoms with Crippen LogP contribution in [0.1, 0.15) is 18.5 Å². The summed E-state index contributed by atoms with van der Waals surface area (Å²) in [4.78, 5) is 19.4. The van der Waals surface area contributed by atoms with Crippen molar-refractivity contribution in [3.8, 4) is 34.2 Å². The fourth-order valence-electron chi connectivity index (χ4n) is 4.43. The highest BCUT2D eigenvalue weighted by molar-refractivity contribution is 5.86. The van der Waals surface area contributed by atoms with Crippen LogP contribution >= 0.6 is 0 Å². The molecule has 0 saturated carbocycles. The second-order valence-corrected chi connectivity index (χ2v) is 8.65. The molecule has 5 aromatic rings. The molecule has 0 radical (unpaired) electrons. The summed E-state index contributed by atoms with van der Waals surface area (Å²) < 4.78 is 7.94. The van der Waals surface area contributed by atoms with Gasteiger partial charge in [-0.1, -0.05) is 6.07 Å². The number of aromatic nitrogens is 7. The Kier molecular flexibility index (Phi) is 5.31. The maximum absolute atomic E-state index is 5.95. The normalized spacial score (nSPS) is 14.3. The molecule has 0 unspecified atom stereocenters. The predicted molar refractivity (Wildman–Crippen MR) is 130 cm³/mol. The summed E-state index contributed by atoms with van der Waals surface area (Å²) in [6, 6.07) is 10.0. The third-order valence-corrected chi connectivity index (χ3v) is 6.20. The largest absolute Gasteiger partial charge is 0.491 e. The Morgan fingerprint density at radius 1 is 1.12 bits per heavy atom. The van der Waals surface area contributed by atoms with Crippen molar-refractivity contribution >= 4 is 11.0 Å². The van der Waals surface area contributed by atoms with E-state index in [1.54, 1.807) is 12.5 Å². The number of aryl methyl sites for hydroxylation is 1. The van der Waals surface area contributed by atoms with E-state index in [-0.39, 0.29) is 0 Å². The van der Waals surface area contributed by atoms with Gasteiger partial charge in [0.15, 0.2) is 5.82 Å². The molecule has 5 heterocycles. The van der Waals surface area contributed by atoms with Crippen molar-refractivity contribution in [3.63, 3.8) is 0 Å². The van der Waals surface area contributed by atoms with Crippen molar-refractivity contribution in [1.29, 1.82) is 0 Å². The molecule has 6 rings (SSSR count). The van der Waals surface area contributed by atoms with E-state index in [0.29, 0.717) is 12.4 Å². The number of hydrogen-bond acceptors (Lipinski definition) is 6. The van der Waals surface area contributed by atoms with E-state index in [2.05, 4.69) is 30.0 Å². The smallest absolute Gasteiger partial charge is 0.159 e. The Bertz CT molecular complexity index is 1430. The second kappa shape index (κ2) is 8.75. The molecular weight excluding hydrogens is 428 g/mol. The lowest BCUT2D eigenvalue weighted by atomic mass is 10.2. The summed E-state index contributed by atoms with van der Waals surface area (Å²) in [7, 11) is 0. The van der Waals surface area contributed by atoms with E-state index < -0.39 is 0 Å². The van der Waals surface area contributed by atoms with Gasteiger partial charge in [0.05, 0.1) is 35.1 Å². The number of nitrogens with zero attached hydrogens (tertiary/aromatic N) is 6. The zero-order valence-corrected chi connectivity index (χ0v) is 19.0. The van der Waals surface area contributed by atoms with Crippen molar-refractivity contribution in [2.75, 3.05) is 26.2 Å². The van der Waals surface area contributed by atoms with Gasteiger partial charge < -0.3 is 14.3 Å². The van der Waals surface area contributed by atoms with Crippen molar-refractivity contribution in [2.45, 2.75) is 19.8 Å². The lowest BCUT2D eigenvalue weighted by Gasteiger charge is -2.14. The highest BCUT2D eigenvalue weighted by Crippen LogP contribution is 2.28. The number of para-hydroxylation sites is 1. The minimum atomic E-state index is 0.664. The number of fused-ring (bicyclic) bond motifs is 1. The zero-order chi connectivity index (χ0) is 22.9. The van der Waals surface area contributed by atoms with Crippen LogP contribution in [0.2, 0.25) is 0 Å². The molecule has 9 heteroatoms. The third-order valence-electron chi connectivity index (χ3n) is 6.20. The minimum Gasteiger partial charge on any atom is -0.491 e. The van der Waals surface area contributed by atoms with Crippen LogP contribution in [0.5, 0.6) is 5.75 Å². The van der Waals surface area contributed by atoms with Crippen LogP contribution in [0.4, 0.5) is 0 Å². The number of ether oxygens (including phenoxy) is 1. The molecule has 172 valence electrons. The molecule has 1 aliphatic rings. The average Bonchev–Trinajstić information content (AvgIpc) is 3.65. The summed E-state index contributed by atoms with van der Waals surface area (Å²) in [5.41, 5.74) is 6.26. The highest BCUT2D eigenvalue weighted by Gasteiger charge is 2.14. The number of imidazole rings is 2. The van der Waals surface area contributed by atoms with E-state index in [1.165, 1.54) is 25.9 Å². The van der Waals surface area contributed by atoms with Crippen molar-refractivity contribution in [1.82, 2.24) is 39.6 Å². The maximum atomic E-state index is 5.95. The topological polar surface area (TPSA) is 101 Å². The number of pyridine rings is 1. The lowest BCUT2D eigenvalue weighted by Crippen LogP contribution is -2.25. The third kappa shape index (κ3) is 4.06. The number of likely N-dealkylation sites (tertiary alicyclic amines) is 1. The Morgan fingerprint density at radius 3 is 2.88 bits per heavy atom. The molecular formula is C25H26N8O. The molecule has 1 aromatic carbocycles. The van der Waals surface area contributed by atoms with Crippen LogP contribution in [0.15, 0.2) is 55.2 Å². The summed E-state index contributed by atoms with van der Waals surface area (Å²) >= 11 is 0. The molecule has 0 bridgehead atoms. The van der Waals surface area contributed by atoms with Gasteiger partial charge in [-0.15, -0.1) is 0 Å². The van der Waals surface area contributed by atoms with Gasteiger partial charge in [0.25, 0.3) is 0 Å². The predicted octanol–water partition coefficient (Wildman–Crippen LogP) is 3.98. The van der Waals surface area contributed by atoms with Crippen molar-refractivity contribution in [2.24, 2.45) is 0 Å². The van der Waals surface area contributed by atoms with Gasteiger partial charge in [0.2, 0.25) is 0 Å². The number of benzene rings is 1. The average molecular weight is 455 g/mol. The van der Waals surface area contributed by atoms with Crippen LogP contribution in [-0.4, -0.2) is 65.8 Å². The van der Waals surface area contributed by atoms with Gasteiger partial charge in [-0.2, -0.15) is 5.10 Å². The van der Waals surface area contributed by atoms with Crippen LogP contribution < -0.4 is 4.74 Å². The van der Waals surface area contributed by atoms with Gasteiger partial charge >= 0.3 is 0 Å². The molecule has 1 fully saturated rings. The van der Waals surface area contributed by atoms with Gasteiger partial charge in [-0.05, 0) is 57.1 Å². The molecule has 34 heavy (non-hydrogen) atoms.